The molecular weight excluding hydrogens is 786 g/mol. The highest BCUT2D eigenvalue weighted by Crippen LogP contribution is 2.39. The van der Waals surface area contributed by atoms with Crippen LogP contribution in [0.1, 0.15) is 109 Å². The minimum Gasteiger partial charge on any atom is -0.374 e. The molecule has 15 heteroatoms. The quantitative estimate of drug-likeness (QED) is 0.120. The first-order valence-electron chi connectivity index (χ1n) is 22.6. The molecule has 9 rings (SSSR count). The number of nitrogens with zero attached hydrogens (tertiary/aromatic N) is 8. The van der Waals surface area contributed by atoms with E-state index in [9.17, 15) is 14.4 Å². The number of amides is 3. The van der Waals surface area contributed by atoms with E-state index in [0.717, 1.165) is 123 Å². The number of carbonyl (C=O) groups excluding carboxylic acids is 3. The van der Waals surface area contributed by atoms with Crippen LogP contribution in [-0.2, 0) is 14.4 Å². The second kappa shape index (κ2) is 17.6. The topological polar surface area (TPSA) is 155 Å². The third-order valence-electron chi connectivity index (χ3n) is 14.0. The summed E-state index contributed by atoms with van der Waals surface area (Å²) >= 11 is 0. The van der Waals surface area contributed by atoms with Crippen LogP contribution in [0, 0.1) is 11.2 Å². The zero-order valence-electron chi connectivity index (χ0n) is 36.0. The van der Waals surface area contributed by atoms with Crippen molar-refractivity contribution in [2.75, 3.05) is 36.4 Å². The zero-order chi connectivity index (χ0) is 43.0. The van der Waals surface area contributed by atoms with Gasteiger partial charge >= 0.3 is 0 Å². The fraction of sp³-hybridized carbons (Fsp3) is 0.511. The Hall–Kier alpha value is -5.70. The second-order valence-corrected chi connectivity index (χ2v) is 18.2. The monoisotopic (exact) mass is 843 g/mol. The molecule has 3 N–H and O–H groups in total. The number of hydrogen-bond acceptors (Lipinski definition) is 10. The van der Waals surface area contributed by atoms with Gasteiger partial charge in [-0.25, -0.2) is 18.9 Å². The highest BCUT2D eigenvalue weighted by molar-refractivity contribution is 6.01. The van der Waals surface area contributed by atoms with Crippen LogP contribution in [0.2, 0.25) is 0 Å². The molecule has 14 nitrogen and oxygen atoms in total. The number of piperidine rings is 3. The van der Waals surface area contributed by atoms with Gasteiger partial charge in [0.05, 0.1) is 47.0 Å². The van der Waals surface area contributed by atoms with Crippen molar-refractivity contribution in [2.24, 2.45) is 5.41 Å². The maximum atomic E-state index is 15.4. The van der Waals surface area contributed by atoms with Crippen molar-refractivity contribution in [1.29, 1.82) is 0 Å². The van der Waals surface area contributed by atoms with Gasteiger partial charge in [0.1, 0.15) is 17.7 Å². The Labute approximate surface area is 362 Å². The normalized spacial score (nSPS) is 22.5. The summed E-state index contributed by atoms with van der Waals surface area (Å²) in [4.78, 5) is 51.7. The lowest BCUT2D eigenvalue weighted by Crippen LogP contribution is -2.50. The van der Waals surface area contributed by atoms with Crippen molar-refractivity contribution in [3.05, 3.63) is 78.8 Å². The predicted molar refractivity (Wildman–Crippen MR) is 236 cm³/mol. The molecule has 1 aliphatic carbocycles. The number of benzene rings is 1. The summed E-state index contributed by atoms with van der Waals surface area (Å²) < 4.78 is 19.4. The lowest BCUT2D eigenvalue weighted by molar-refractivity contribution is -0.134. The molecule has 1 saturated carbocycles. The van der Waals surface area contributed by atoms with E-state index in [4.69, 9.17) is 15.1 Å². The number of nitrogens with one attached hydrogen (secondary N) is 3. The number of carbonyl (C=O) groups is 3. The second-order valence-electron chi connectivity index (χ2n) is 18.2. The SMILES string of the molecule is CCC1(C(=O)NC(C)C)CCN(c2ccc(-c3nc(-c4cnn([C@H]5CC[C@H](N6CCC(c7ccc(N[C@@H]8CCC(=O)NC8=O)cc7F)CC6)CC5)c4)cn4nccc34)cn2)CC1. The van der Waals surface area contributed by atoms with Crippen molar-refractivity contribution in [1.82, 2.24) is 44.9 Å². The molecular formula is C47H58FN11O3. The van der Waals surface area contributed by atoms with Gasteiger partial charge in [-0.1, -0.05) is 13.0 Å². The zero-order valence-corrected chi connectivity index (χ0v) is 36.0. The highest BCUT2D eigenvalue weighted by Gasteiger charge is 2.40. The van der Waals surface area contributed by atoms with E-state index < -0.39 is 6.04 Å². The van der Waals surface area contributed by atoms with E-state index >= 15 is 4.39 Å². The molecule has 62 heavy (non-hydrogen) atoms. The molecule has 3 saturated heterocycles. The molecule has 0 spiro atoms. The maximum absolute atomic E-state index is 15.4. The predicted octanol–water partition coefficient (Wildman–Crippen LogP) is 6.90. The largest absolute Gasteiger partial charge is 0.374 e. The lowest BCUT2D eigenvalue weighted by atomic mass is 9.75. The first-order valence-corrected chi connectivity index (χ1v) is 22.6. The number of anilines is 2. The highest BCUT2D eigenvalue weighted by atomic mass is 19.1. The van der Waals surface area contributed by atoms with Crippen LogP contribution in [-0.4, -0.2) is 96.3 Å². The molecule has 0 unspecified atom stereocenters. The molecule has 1 aromatic carbocycles. The first kappa shape index (κ1) is 41.6. The molecule has 7 heterocycles. The Morgan fingerprint density at radius 2 is 1.68 bits per heavy atom. The average Bonchev–Trinajstić information content (AvgIpc) is 3.98. The number of fused-ring (bicyclic) bond motifs is 1. The number of halogens is 1. The molecule has 0 radical (unpaired) electrons. The number of imide groups is 1. The van der Waals surface area contributed by atoms with Crippen LogP contribution >= 0.6 is 0 Å². The van der Waals surface area contributed by atoms with E-state index in [0.29, 0.717) is 24.2 Å². The smallest absolute Gasteiger partial charge is 0.249 e. The summed E-state index contributed by atoms with van der Waals surface area (Å²) in [6.45, 7) is 9.60. The molecule has 4 aromatic heterocycles. The summed E-state index contributed by atoms with van der Waals surface area (Å²) in [5.41, 5.74) is 5.34. The summed E-state index contributed by atoms with van der Waals surface area (Å²) in [5.74, 6) is 0.357. The molecule has 4 fully saturated rings. The Kier molecular flexibility index (Phi) is 11.8. The summed E-state index contributed by atoms with van der Waals surface area (Å²) in [6.07, 6.45) is 18.9. The van der Waals surface area contributed by atoms with E-state index in [1.807, 2.05) is 55.2 Å². The summed E-state index contributed by atoms with van der Waals surface area (Å²) in [6, 6.07) is 11.7. The van der Waals surface area contributed by atoms with Gasteiger partial charge in [0, 0.05) is 60.8 Å². The molecule has 3 aliphatic heterocycles. The van der Waals surface area contributed by atoms with Crippen molar-refractivity contribution in [3.63, 3.8) is 0 Å². The third kappa shape index (κ3) is 8.55. The van der Waals surface area contributed by atoms with Crippen LogP contribution in [0.3, 0.4) is 0 Å². The summed E-state index contributed by atoms with van der Waals surface area (Å²) in [5, 5.41) is 18.0. The van der Waals surface area contributed by atoms with Crippen molar-refractivity contribution in [3.8, 4) is 22.5 Å². The van der Waals surface area contributed by atoms with Crippen molar-refractivity contribution < 1.29 is 18.8 Å². The van der Waals surface area contributed by atoms with Crippen LogP contribution < -0.4 is 20.9 Å². The van der Waals surface area contributed by atoms with Crippen LogP contribution in [0.15, 0.2) is 67.4 Å². The van der Waals surface area contributed by atoms with E-state index in [1.54, 1.807) is 6.20 Å². The van der Waals surface area contributed by atoms with E-state index in [1.165, 1.54) is 6.07 Å². The van der Waals surface area contributed by atoms with Crippen LogP contribution in [0.25, 0.3) is 28.0 Å². The fourth-order valence-electron chi connectivity index (χ4n) is 10.2. The van der Waals surface area contributed by atoms with Gasteiger partial charge in [-0.15, -0.1) is 0 Å². The molecule has 0 bridgehead atoms. The van der Waals surface area contributed by atoms with Gasteiger partial charge in [-0.05, 0) is 133 Å². The number of likely N-dealkylation sites (tertiary alicyclic amines) is 1. The Balaban J connectivity index is 0.793. The van der Waals surface area contributed by atoms with Crippen molar-refractivity contribution >= 4 is 34.7 Å². The van der Waals surface area contributed by atoms with Gasteiger partial charge in [0.15, 0.2) is 0 Å². The Morgan fingerprint density at radius 3 is 2.37 bits per heavy atom. The minimum absolute atomic E-state index is 0.130. The number of rotatable bonds is 11. The molecule has 326 valence electrons. The summed E-state index contributed by atoms with van der Waals surface area (Å²) in [7, 11) is 0. The number of aromatic nitrogens is 6. The number of pyridine rings is 1. The van der Waals surface area contributed by atoms with E-state index in [2.05, 4.69) is 60.8 Å². The average molecular weight is 844 g/mol. The van der Waals surface area contributed by atoms with Gasteiger partial charge in [-0.3, -0.25) is 24.4 Å². The Bertz CT molecular complexity index is 2400. The molecule has 5 aromatic rings. The molecule has 3 amide bonds. The standard InChI is InChI=1S/C47H58FN11O3/c1-4-47(46(62)52-30(2)3)18-23-57(24-19-47)42-13-5-32(26-49-42)44-41-15-20-50-59(41)29-40(54-44)33-27-51-58(28-33)36-9-7-35(8-10-36)56-21-16-31(17-22-56)37-11-6-34(25-38(37)48)53-39-12-14-43(60)55-45(39)61/h5-6,11,13,15,20,25-31,35-36,39,53H,4,7-10,12,14,16-19,21-24H2,1-3H3,(H,52,62)(H,55,60,61)/t35-,36-,39-/m1/s1. The third-order valence-corrected chi connectivity index (χ3v) is 14.0. The van der Waals surface area contributed by atoms with Crippen molar-refractivity contribution in [2.45, 2.75) is 121 Å². The van der Waals surface area contributed by atoms with Gasteiger partial charge < -0.3 is 20.4 Å². The van der Waals surface area contributed by atoms with Gasteiger partial charge in [0.25, 0.3) is 0 Å². The maximum Gasteiger partial charge on any atom is 0.249 e. The van der Waals surface area contributed by atoms with E-state index in [-0.39, 0.29) is 47.3 Å². The lowest BCUT2D eigenvalue weighted by Gasteiger charge is -2.41. The van der Waals surface area contributed by atoms with Gasteiger partial charge in [-0.2, -0.15) is 10.2 Å². The molecule has 4 aliphatic rings. The van der Waals surface area contributed by atoms with Crippen LogP contribution in [0.5, 0.6) is 0 Å². The van der Waals surface area contributed by atoms with Crippen LogP contribution in [0.4, 0.5) is 15.9 Å². The first-order chi connectivity index (χ1) is 30.1. The number of hydrogen-bond donors (Lipinski definition) is 3. The van der Waals surface area contributed by atoms with Gasteiger partial charge in [0.2, 0.25) is 17.7 Å². The Morgan fingerprint density at radius 1 is 0.903 bits per heavy atom. The fourth-order valence-corrected chi connectivity index (χ4v) is 10.2. The molecule has 1 atom stereocenters. The minimum atomic E-state index is -0.537.